The van der Waals surface area contributed by atoms with Gasteiger partial charge in [-0.15, -0.1) is 0 Å². The van der Waals surface area contributed by atoms with Gasteiger partial charge >= 0.3 is 0 Å². The molecule has 6 heteroatoms. The number of amides is 1. The molecular weight excluding hydrogens is 349 g/mol. The van der Waals surface area contributed by atoms with E-state index in [0.29, 0.717) is 17.0 Å². The van der Waals surface area contributed by atoms with Crippen LogP contribution in [0.5, 0.6) is 0 Å². The molecule has 0 bridgehead atoms. The van der Waals surface area contributed by atoms with Gasteiger partial charge in [0.25, 0.3) is 0 Å². The first kappa shape index (κ1) is 20.8. The molecule has 0 fully saturated rings. The van der Waals surface area contributed by atoms with Gasteiger partial charge in [0.1, 0.15) is 11.4 Å². The number of rotatable bonds is 6. The van der Waals surface area contributed by atoms with E-state index in [1.807, 2.05) is 34.6 Å². The van der Waals surface area contributed by atoms with Gasteiger partial charge in [0.2, 0.25) is 5.91 Å². The minimum atomic E-state index is -0.566. The Labute approximate surface area is 153 Å². The molecule has 1 unspecified atom stereocenters. The molecule has 0 aromatic heterocycles. The van der Waals surface area contributed by atoms with Crippen LogP contribution in [0.4, 0.5) is 10.1 Å². The summed E-state index contributed by atoms with van der Waals surface area (Å²) in [6.45, 7) is 9.67. The van der Waals surface area contributed by atoms with Crippen molar-refractivity contribution in [2.75, 3.05) is 5.32 Å². The van der Waals surface area contributed by atoms with Crippen LogP contribution < -0.4 is 5.32 Å². The van der Waals surface area contributed by atoms with E-state index in [9.17, 15) is 9.18 Å². The lowest BCUT2D eigenvalue weighted by Crippen LogP contribution is -2.24. The zero-order valence-corrected chi connectivity index (χ0v) is 16.4. The van der Waals surface area contributed by atoms with E-state index in [0.717, 1.165) is 6.42 Å². The first-order valence-corrected chi connectivity index (χ1v) is 8.80. The van der Waals surface area contributed by atoms with Gasteiger partial charge in [-0.1, -0.05) is 31.9 Å². The lowest BCUT2D eigenvalue weighted by Gasteiger charge is -2.22. The molecule has 0 aliphatic rings. The number of benzene rings is 1. The van der Waals surface area contributed by atoms with Crippen LogP contribution in [-0.4, -0.2) is 16.6 Å². The Morgan fingerprint density at radius 1 is 1.42 bits per heavy atom. The molecule has 134 valence electrons. The number of nitrogens with one attached hydrogen (secondary N) is 1. The molecule has 0 spiro atoms. The highest BCUT2D eigenvalue weighted by atomic mass is 35.5. The zero-order valence-electron chi connectivity index (χ0n) is 14.8. The Balaban J connectivity index is 2.89. The lowest BCUT2D eigenvalue weighted by atomic mass is 10.0. The Bertz CT molecular complexity index is 614. The quantitative estimate of drug-likeness (QED) is 0.665. The molecule has 3 nitrogen and oxygen atoms in total. The van der Waals surface area contributed by atoms with Crippen LogP contribution in [0.2, 0.25) is 5.02 Å². The van der Waals surface area contributed by atoms with E-state index in [-0.39, 0.29) is 29.0 Å². The Morgan fingerprint density at radius 2 is 2.04 bits per heavy atom. The number of carbonyl (C=O) groups excluding carboxylic acids is 1. The number of hydrogen-bond acceptors (Lipinski definition) is 3. The van der Waals surface area contributed by atoms with Crippen LogP contribution >= 0.6 is 23.8 Å². The van der Waals surface area contributed by atoms with Crippen molar-refractivity contribution in [3.05, 3.63) is 28.5 Å². The fourth-order valence-electron chi connectivity index (χ4n) is 2.02. The summed E-state index contributed by atoms with van der Waals surface area (Å²) in [6, 6.07) is 2.71. The topological polar surface area (TPSA) is 38.3 Å². The van der Waals surface area contributed by atoms with E-state index in [2.05, 4.69) is 5.32 Å². The van der Waals surface area contributed by atoms with Crippen LogP contribution in [0.15, 0.2) is 12.1 Å². The molecule has 0 saturated heterocycles. The second-order valence-electron chi connectivity index (χ2n) is 6.95. The third-order valence-corrected chi connectivity index (χ3v) is 3.98. The number of thiocarbonyl (C=S) groups is 1. The number of carbonyl (C=O) groups is 1. The van der Waals surface area contributed by atoms with Gasteiger partial charge in [0.05, 0.1) is 5.69 Å². The molecule has 0 saturated carbocycles. The summed E-state index contributed by atoms with van der Waals surface area (Å²) in [4.78, 5) is 12.0. The van der Waals surface area contributed by atoms with Gasteiger partial charge in [-0.3, -0.25) is 4.79 Å². The predicted octanol–water partition coefficient (Wildman–Crippen LogP) is 5.54. The fourth-order valence-corrected chi connectivity index (χ4v) is 2.64. The van der Waals surface area contributed by atoms with Gasteiger partial charge in [-0.05, 0) is 56.6 Å². The second kappa shape index (κ2) is 8.77. The molecule has 0 aliphatic carbocycles. The van der Waals surface area contributed by atoms with Crippen LogP contribution in [0.25, 0.3) is 0 Å². The summed E-state index contributed by atoms with van der Waals surface area (Å²) in [7, 11) is 0. The summed E-state index contributed by atoms with van der Waals surface area (Å²) in [5.74, 6) is -0.540. The van der Waals surface area contributed by atoms with Gasteiger partial charge in [0.15, 0.2) is 5.05 Å². The Hall–Kier alpha value is -1.20. The molecule has 1 atom stereocenters. The highest BCUT2D eigenvalue weighted by Crippen LogP contribution is 2.26. The van der Waals surface area contributed by atoms with Crippen molar-refractivity contribution in [2.24, 2.45) is 5.92 Å². The van der Waals surface area contributed by atoms with Crippen molar-refractivity contribution >= 4 is 40.5 Å². The molecule has 1 N–H and O–H groups in total. The minimum Gasteiger partial charge on any atom is -0.481 e. The number of anilines is 1. The third-order valence-electron chi connectivity index (χ3n) is 3.40. The molecular formula is C18H25ClFNO2S. The average molecular weight is 374 g/mol. The first-order chi connectivity index (χ1) is 11.0. The smallest absolute Gasteiger partial charge is 0.224 e. The second-order valence-corrected chi connectivity index (χ2v) is 7.81. The number of halogens is 2. The number of ether oxygens (including phenoxy) is 1. The van der Waals surface area contributed by atoms with E-state index >= 15 is 0 Å². The normalized spacial score (nSPS) is 12.6. The van der Waals surface area contributed by atoms with Crippen molar-refractivity contribution < 1.29 is 13.9 Å². The van der Waals surface area contributed by atoms with Gasteiger partial charge in [0, 0.05) is 17.9 Å². The Morgan fingerprint density at radius 3 is 2.58 bits per heavy atom. The zero-order chi connectivity index (χ0) is 18.5. The van der Waals surface area contributed by atoms with Crippen LogP contribution in [0, 0.1) is 11.7 Å². The fraction of sp³-hybridized carbons (Fsp3) is 0.556. The number of hydrogen-bond donors (Lipinski definition) is 1. The molecule has 0 radical (unpaired) electrons. The van der Waals surface area contributed by atoms with Gasteiger partial charge in [-0.2, -0.15) is 0 Å². The van der Waals surface area contributed by atoms with Gasteiger partial charge < -0.3 is 10.1 Å². The molecule has 0 aliphatic heterocycles. The van der Waals surface area contributed by atoms with Crippen molar-refractivity contribution in [1.82, 2.24) is 0 Å². The maximum Gasteiger partial charge on any atom is 0.224 e. The average Bonchev–Trinajstić information content (AvgIpc) is 2.41. The van der Waals surface area contributed by atoms with E-state index in [1.165, 1.54) is 12.1 Å². The van der Waals surface area contributed by atoms with E-state index in [4.69, 9.17) is 28.6 Å². The molecule has 24 heavy (non-hydrogen) atoms. The summed E-state index contributed by atoms with van der Waals surface area (Å²) in [5, 5.41) is 3.23. The third kappa shape index (κ3) is 7.14. The van der Waals surface area contributed by atoms with E-state index < -0.39 is 11.4 Å². The monoisotopic (exact) mass is 373 g/mol. The summed E-state index contributed by atoms with van der Waals surface area (Å²) >= 11 is 11.3. The predicted molar refractivity (Wildman–Crippen MR) is 101 cm³/mol. The van der Waals surface area contributed by atoms with Crippen molar-refractivity contribution in [1.29, 1.82) is 0 Å². The molecule has 0 heterocycles. The van der Waals surface area contributed by atoms with Crippen molar-refractivity contribution in [3.8, 4) is 0 Å². The van der Waals surface area contributed by atoms with Crippen LogP contribution in [0.3, 0.4) is 0 Å². The molecule has 1 aromatic carbocycles. The minimum absolute atomic E-state index is 0.112. The van der Waals surface area contributed by atoms with Crippen molar-refractivity contribution in [3.63, 3.8) is 0 Å². The van der Waals surface area contributed by atoms with E-state index in [1.54, 1.807) is 0 Å². The molecule has 1 amide bonds. The SMILES string of the molecule is CCC(C)CC(=O)Nc1cc(CC(=S)OC(C)(C)C)c(Cl)cc1F. The highest BCUT2D eigenvalue weighted by molar-refractivity contribution is 7.80. The maximum atomic E-state index is 14.1. The highest BCUT2D eigenvalue weighted by Gasteiger charge is 2.17. The van der Waals surface area contributed by atoms with Crippen molar-refractivity contribution in [2.45, 2.75) is 59.5 Å². The van der Waals surface area contributed by atoms with Crippen LogP contribution in [0.1, 0.15) is 53.0 Å². The maximum absolute atomic E-state index is 14.1. The van der Waals surface area contributed by atoms with Gasteiger partial charge in [-0.25, -0.2) is 4.39 Å². The first-order valence-electron chi connectivity index (χ1n) is 8.01. The lowest BCUT2D eigenvalue weighted by molar-refractivity contribution is -0.117. The molecule has 1 aromatic rings. The summed E-state index contributed by atoms with van der Waals surface area (Å²) < 4.78 is 19.7. The summed E-state index contributed by atoms with van der Waals surface area (Å²) in [6.07, 6.45) is 1.51. The molecule has 1 rings (SSSR count). The Kier molecular flexibility index (Phi) is 7.61. The largest absolute Gasteiger partial charge is 0.481 e. The van der Waals surface area contributed by atoms with Crippen LogP contribution in [-0.2, 0) is 16.0 Å². The standard InChI is InChI=1S/C18H25ClFNO2S/c1-6-11(2)7-16(22)21-15-8-12(13(19)10-14(15)20)9-17(24)23-18(3,4)5/h8,10-11H,6-7,9H2,1-5H3,(H,21,22). The summed E-state index contributed by atoms with van der Waals surface area (Å²) in [5.41, 5.74) is 0.323.